The molecule has 1 aromatic carbocycles. The molecule has 0 aliphatic carbocycles. The van der Waals surface area contributed by atoms with Crippen molar-refractivity contribution in [1.29, 1.82) is 0 Å². The van der Waals surface area contributed by atoms with E-state index >= 15 is 0 Å². The third-order valence-corrected chi connectivity index (χ3v) is 7.33. The van der Waals surface area contributed by atoms with Crippen molar-refractivity contribution in [2.24, 2.45) is 0 Å². The van der Waals surface area contributed by atoms with Gasteiger partial charge in [0.25, 0.3) is 6.43 Å². The maximum Gasteiger partial charge on any atom is 0.264 e. The summed E-state index contributed by atoms with van der Waals surface area (Å²) in [7, 11) is 1.86. The van der Waals surface area contributed by atoms with Crippen molar-refractivity contribution in [3.63, 3.8) is 0 Å². The Bertz CT molecular complexity index is 1410. The maximum atomic E-state index is 14.4. The Labute approximate surface area is 220 Å². The van der Waals surface area contributed by atoms with Gasteiger partial charge in [-0.1, -0.05) is 13.0 Å². The van der Waals surface area contributed by atoms with Gasteiger partial charge < -0.3 is 19.9 Å². The number of fused-ring (bicyclic) bond motifs is 1. The zero-order chi connectivity index (χ0) is 26.6. The summed E-state index contributed by atoms with van der Waals surface area (Å²) in [6.45, 7) is 3.91. The summed E-state index contributed by atoms with van der Waals surface area (Å²) in [5, 5.41) is 8.57. The lowest BCUT2D eigenvalue weighted by Gasteiger charge is -2.24. The summed E-state index contributed by atoms with van der Waals surface area (Å²) >= 11 is 0. The standard InChI is InChI=1S/C28H32F2N6O2/c1-3-20-26(7-11-32-17-37)36(18-8-12-38-13-9-18)34-28(20)35(2)19-4-5-21(22(14-19)27(29)30)23-16-33-25-6-10-31-15-24(23)25/h4-6,10,14-18,27,33H,3,7-9,11-13H2,1-2H3,(H,32,37). The molecule has 0 radical (unpaired) electrons. The van der Waals surface area contributed by atoms with E-state index < -0.39 is 6.43 Å². The van der Waals surface area contributed by atoms with Gasteiger partial charge in [-0.25, -0.2) is 8.78 Å². The molecule has 3 aromatic heterocycles. The molecule has 0 saturated carbocycles. The number of aromatic amines is 1. The van der Waals surface area contributed by atoms with Crippen molar-refractivity contribution in [1.82, 2.24) is 25.1 Å². The van der Waals surface area contributed by atoms with Gasteiger partial charge in [-0.15, -0.1) is 0 Å². The topological polar surface area (TPSA) is 88.1 Å². The van der Waals surface area contributed by atoms with Gasteiger partial charge in [-0.05, 0) is 43.0 Å². The van der Waals surface area contributed by atoms with Crippen molar-refractivity contribution in [3.05, 3.63) is 59.7 Å². The predicted octanol–water partition coefficient (Wildman–Crippen LogP) is 5.33. The summed E-state index contributed by atoms with van der Waals surface area (Å²) in [6, 6.07) is 7.18. The first-order valence-corrected chi connectivity index (χ1v) is 13.0. The fourth-order valence-corrected chi connectivity index (χ4v) is 5.36. The van der Waals surface area contributed by atoms with Crippen LogP contribution >= 0.6 is 0 Å². The summed E-state index contributed by atoms with van der Waals surface area (Å²) in [6.07, 6.45) is 6.22. The van der Waals surface area contributed by atoms with Crippen LogP contribution in [-0.4, -0.2) is 53.0 Å². The molecular formula is C28H32F2N6O2. The Morgan fingerprint density at radius 1 is 1.26 bits per heavy atom. The molecule has 10 heteroatoms. The van der Waals surface area contributed by atoms with Crippen LogP contribution in [-0.2, 0) is 22.4 Å². The van der Waals surface area contributed by atoms with E-state index in [-0.39, 0.29) is 11.6 Å². The minimum Gasteiger partial charge on any atom is -0.381 e. The van der Waals surface area contributed by atoms with Crippen molar-refractivity contribution >= 4 is 28.8 Å². The lowest BCUT2D eigenvalue weighted by molar-refractivity contribution is -0.109. The first-order valence-electron chi connectivity index (χ1n) is 13.0. The molecule has 4 aromatic rings. The van der Waals surface area contributed by atoms with E-state index in [1.54, 1.807) is 30.7 Å². The van der Waals surface area contributed by atoms with Crippen molar-refractivity contribution in [2.45, 2.75) is 45.1 Å². The molecule has 0 spiro atoms. The highest BCUT2D eigenvalue weighted by Gasteiger charge is 2.27. The molecule has 2 N–H and O–H groups in total. The average Bonchev–Trinajstić information content (AvgIpc) is 3.54. The zero-order valence-corrected chi connectivity index (χ0v) is 21.6. The number of rotatable bonds is 10. The number of amides is 1. The van der Waals surface area contributed by atoms with Crippen LogP contribution in [0.25, 0.3) is 22.0 Å². The molecule has 1 aliphatic rings. The molecular weight excluding hydrogens is 490 g/mol. The second-order valence-corrected chi connectivity index (χ2v) is 9.47. The molecule has 200 valence electrons. The van der Waals surface area contributed by atoms with E-state index in [4.69, 9.17) is 9.84 Å². The van der Waals surface area contributed by atoms with Crippen LogP contribution in [0, 0.1) is 0 Å². The van der Waals surface area contributed by atoms with Gasteiger partial charge >= 0.3 is 0 Å². The molecule has 0 atom stereocenters. The number of halogens is 2. The third-order valence-electron chi connectivity index (χ3n) is 7.33. The fraction of sp³-hybridized carbons (Fsp3) is 0.393. The number of nitrogens with one attached hydrogen (secondary N) is 2. The Morgan fingerprint density at radius 3 is 2.82 bits per heavy atom. The Morgan fingerprint density at radius 2 is 2.08 bits per heavy atom. The predicted molar refractivity (Wildman–Crippen MR) is 143 cm³/mol. The van der Waals surface area contributed by atoms with Gasteiger partial charge in [0.2, 0.25) is 6.41 Å². The number of hydrogen-bond donors (Lipinski definition) is 2. The second kappa shape index (κ2) is 11.3. The smallest absolute Gasteiger partial charge is 0.264 e. The summed E-state index contributed by atoms with van der Waals surface area (Å²) in [5.41, 5.74) is 4.72. The average molecular weight is 523 g/mol. The van der Waals surface area contributed by atoms with Gasteiger partial charge in [-0.2, -0.15) is 5.10 Å². The minimum atomic E-state index is -2.66. The molecule has 1 aliphatic heterocycles. The van der Waals surface area contributed by atoms with Crippen molar-refractivity contribution in [2.75, 3.05) is 31.7 Å². The zero-order valence-electron chi connectivity index (χ0n) is 21.6. The summed E-state index contributed by atoms with van der Waals surface area (Å²) < 4.78 is 36.4. The molecule has 5 rings (SSSR count). The van der Waals surface area contributed by atoms with Crippen LogP contribution in [0.3, 0.4) is 0 Å². The quantitative estimate of drug-likeness (QED) is 0.217. The lowest BCUT2D eigenvalue weighted by Crippen LogP contribution is -2.24. The molecule has 38 heavy (non-hydrogen) atoms. The van der Waals surface area contributed by atoms with Gasteiger partial charge in [0.15, 0.2) is 5.82 Å². The first kappa shape index (κ1) is 25.8. The minimum absolute atomic E-state index is 0.0450. The van der Waals surface area contributed by atoms with Crippen molar-refractivity contribution in [3.8, 4) is 11.1 Å². The largest absolute Gasteiger partial charge is 0.381 e. The van der Waals surface area contributed by atoms with E-state index in [2.05, 4.69) is 26.9 Å². The van der Waals surface area contributed by atoms with Gasteiger partial charge in [-0.3, -0.25) is 14.5 Å². The summed E-state index contributed by atoms with van der Waals surface area (Å²) in [4.78, 5) is 20.1. The van der Waals surface area contributed by atoms with E-state index in [0.29, 0.717) is 49.4 Å². The fourth-order valence-electron chi connectivity index (χ4n) is 5.36. The normalized spacial score (nSPS) is 14.3. The van der Waals surface area contributed by atoms with Crippen LogP contribution in [0.5, 0.6) is 0 Å². The number of benzene rings is 1. The highest BCUT2D eigenvalue weighted by Crippen LogP contribution is 2.39. The first-order chi connectivity index (χ1) is 18.5. The van der Waals surface area contributed by atoms with Crippen molar-refractivity contribution < 1.29 is 18.3 Å². The Kier molecular flexibility index (Phi) is 7.69. The van der Waals surface area contributed by atoms with Gasteiger partial charge in [0, 0.05) is 90.8 Å². The highest BCUT2D eigenvalue weighted by molar-refractivity contribution is 5.96. The number of aromatic nitrogens is 4. The van der Waals surface area contributed by atoms with E-state index in [1.165, 1.54) is 0 Å². The summed E-state index contributed by atoms with van der Waals surface area (Å²) in [5.74, 6) is 0.740. The van der Waals surface area contributed by atoms with Gasteiger partial charge in [0.05, 0.1) is 6.04 Å². The second-order valence-electron chi connectivity index (χ2n) is 9.47. The van der Waals surface area contributed by atoms with E-state index in [1.807, 2.05) is 24.1 Å². The van der Waals surface area contributed by atoms with Crippen LogP contribution in [0.15, 0.2) is 42.9 Å². The van der Waals surface area contributed by atoms with Crippen LogP contribution in [0.4, 0.5) is 20.3 Å². The monoisotopic (exact) mass is 522 g/mol. The van der Waals surface area contributed by atoms with E-state index in [0.717, 1.165) is 47.2 Å². The van der Waals surface area contributed by atoms with Crippen LogP contribution in [0.1, 0.15) is 49.1 Å². The Hall–Kier alpha value is -3.79. The lowest BCUT2D eigenvalue weighted by atomic mass is 9.99. The number of hydrogen-bond acceptors (Lipinski definition) is 5. The van der Waals surface area contributed by atoms with E-state index in [9.17, 15) is 13.6 Å². The van der Waals surface area contributed by atoms with Crippen LogP contribution < -0.4 is 10.2 Å². The number of ether oxygens (including phenoxy) is 1. The number of nitrogens with zero attached hydrogens (tertiary/aromatic N) is 4. The molecule has 1 fully saturated rings. The maximum absolute atomic E-state index is 14.4. The molecule has 1 amide bonds. The number of alkyl halides is 2. The number of carbonyl (C=O) groups is 1. The molecule has 1 saturated heterocycles. The van der Waals surface area contributed by atoms with Gasteiger partial charge in [0.1, 0.15) is 0 Å². The molecule has 0 bridgehead atoms. The molecule has 0 unspecified atom stereocenters. The SMILES string of the molecule is CCc1c(N(C)c2ccc(-c3c[nH]c4ccncc34)c(C(F)F)c2)nn(C2CCOCC2)c1CCNC=O. The number of H-pyrrole nitrogens is 1. The third kappa shape index (κ3) is 4.88. The number of pyridine rings is 1. The number of anilines is 2. The highest BCUT2D eigenvalue weighted by atomic mass is 19.3. The molecule has 4 heterocycles. The molecule has 8 nitrogen and oxygen atoms in total. The number of carbonyl (C=O) groups excluding carboxylic acids is 1. The Balaban J connectivity index is 1.55. The van der Waals surface area contributed by atoms with Crippen LogP contribution in [0.2, 0.25) is 0 Å².